The summed E-state index contributed by atoms with van der Waals surface area (Å²) in [4.78, 5) is 20.1. The number of aromatic nitrogens is 2. The van der Waals surface area contributed by atoms with E-state index in [1.807, 2.05) is 36.4 Å². The number of hydrogen-bond acceptors (Lipinski definition) is 4. The molecule has 0 fully saturated rings. The number of rotatable bonds is 4. The zero-order valence-corrected chi connectivity index (χ0v) is 12.9. The Morgan fingerprint density at radius 2 is 1.78 bits per heavy atom. The Bertz CT molecular complexity index is 767. The number of benzene rings is 1. The fourth-order valence-electron chi connectivity index (χ4n) is 2.16. The van der Waals surface area contributed by atoms with Gasteiger partial charge < -0.3 is 9.52 Å². The molecule has 5 heteroatoms. The molecule has 0 radical (unpaired) electrons. The average molecular weight is 308 g/mol. The fraction of sp³-hybridized carbons (Fsp3) is 0.167. The SMILES string of the molecule is CC(C)(C(=O)O)c1nc(-c2ccccc2)c(-c2cccnc2)o1. The molecule has 23 heavy (non-hydrogen) atoms. The molecule has 2 heterocycles. The number of nitrogens with zero attached hydrogens (tertiary/aromatic N) is 2. The number of oxazole rings is 1. The van der Waals surface area contributed by atoms with Gasteiger partial charge in [-0.1, -0.05) is 30.3 Å². The molecule has 2 aromatic heterocycles. The van der Waals surface area contributed by atoms with Crippen LogP contribution in [0.3, 0.4) is 0 Å². The standard InChI is InChI=1S/C18H16N2O3/c1-18(2,17(21)22)16-20-14(12-7-4-3-5-8-12)15(23-16)13-9-6-10-19-11-13/h3-11H,1-2H3,(H,21,22). The highest BCUT2D eigenvalue weighted by molar-refractivity contribution is 5.81. The molecule has 0 aliphatic carbocycles. The van der Waals surface area contributed by atoms with Gasteiger partial charge in [0.15, 0.2) is 5.76 Å². The largest absolute Gasteiger partial charge is 0.480 e. The molecule has 0 aliphatic heterocycles. The number of hydrogen-bond donors (Lipinski definition) is 1. The molecular weight excluding hydrogens is 292 g/mol. The molecule has 0 aliphatic rings. The lowest BCUT2D eigenvalue weighted by atomic mass is 9.94. The van der Waals surface area contributed by atoms with Crippen molar-refractivity contribution in [3.05, 3.63) is 60.7 Å². The highest BCUT2D eigenvalue weighted by Gasteiger charge is 2.36. The van der Waals surface area contributed by atoms with Crippen LogP contribution in [0.5, 0.6) is 0 Å². The summed E-state index contributed by atoms with van der Waals surface area (Å²) < 4.78 is 5.85. The maximum Gasteiger partial charge on any atom is 0.318 e. The van der Waals surface area contributed by atoms with Gasteiger partial charge in [0.05, 0.1) is 0 Å². The Morgan fingerprint density at radius 1 is 1.09 bits per heavy atom. The van der Waals surface area contributed by atoms with Crippen LogP contribution in [-0.4, -0.2) is 21.0 Å². The zero-order chi connectivity index (χ0) is 16.4. The summed E-state index contributed by atoms with van der Waals surface area (Å²) in [5.74, 6) is -0.299. The van der Waals surface area contributed by atoms with E-state index in [0.717, 1.165) is 11.1 Å². The molecule has 1 aromatic carbocycles. The van der Waals surface area contributed by atoms with Crippen LogP contribution >= 0.6 is 0 Å². The monoisotopic (exact) mass is 308 g/mol. The number of pyridine rings is 1. The average Bonchev–Trinajstić information content (AvgIpc) is 3.02. The number of aliphatic carboxylic acids is 1. The minimum atomic E-state index is -1.22. The van der Waals surface area contributed by atoms with Gasteiger partial charge in [-0.25, -0.2) is 4.98 Å². The van der Waals surface area contributed by atoms with Crippen molar-refractivity contribution in [1.29, 1.82) is 0 Å². The van der Waals surface area contributed by atoms with Crippen LogP contribution < -0.4 is 0 Å². The first-order chi connectivity index (χ1) is 11.0. The van der Waals surface area contributed by atoms with E-state index in [-0.39, 0.29) is 5.89 Å². The van der Waals surface area contributed by atoms with E-state index in [1.165, 1.54) is 0 Å². The molecule has 0 unspecified atom stereocenters. The van der Waals surface area contributed by atoms with Crippen LogP contribution in [0.2, 0.25) is 0 Å². The van der Waals surface area contributed by atoms with E-state index in [1.54, 1.807) is 32.3 Å². The minimum absolute atomic E-state index is 0.169. The van der Waals surface area contributed by atoms with Crippen LogP contribution in [0.1, 0.15) is 19.7 Å². The third-order valence-electron chi connectivity index (χ3n) is 3.67. The maximum absolute atomic E-state index is 11.5. The van der Waals surface area contributed by atoms with Crippen molar-refractivity contribution in [3.63, 3.8) is 0 Å². The molecule has 0 bridgehead atoms. The van der Waals surface area contributed by atoms with Gasteiger partial charge in [-0.3, -0.25) is 9.78 Å². The van der Waals surface area contributed by atoms with Crippen LogP contribution in [-0.2, 0) is 10.2 Å². The van der Waals surface area contributed by atoms with Crippen molar-refractivity contribution >= 4 is 5.97 Å². The molecule has 0 saturated carbocycles. The second kappa shape index (κ2) is 5.68. The molecule has 3 aromatic rings. The maximum atomic E-state index is 11.5. The summed E-state index contributed by atoms with van der Waals surface area (Å²) in [7, 11) is 0. The van der Waals surface area contributed by atoms with Gasteiger partial charge in [-0.2, -0.15) is 0 Å². The van der Waals surface area contributed by atoms with E-state index in [2.05, 4.69) is 9.97 Å². The van der Waals surface area contributed by atoms with Gasteiger partial charge in [0.2, 0.25) is 5.89 Å². The van der Waals surface area contributed by atoms with E-state index in [9.17, 15) is 9.90 Å². The first-order valence-corrected chi connectivity index (χ1v) is 7.20. The molecule has 5 nitrogen and oxygen atoms in total. The normalized spacial score (nSPS) is 11.4. The molecule has 116 valence electrons. The lowest BCUT2D eigenvalue weighted by molar-refractivity contribution is -0.143. The molecule has 3 rings (SSSR count). The third-order valence-corrected chi connectivity index (χ3v) is 3.67. The van der Waals surface area contributed by atoms with Crippen LogP contribution in [0.25, 0.3) is 22.6 Å². The molecular formula is C18H16N2O3. The van der Waals surface area contributed by atoms with Crippen molar-refractivity contribution in [1.82, 2.24) is 9.97 Å². The quantitative estimate of drug-likeness (QED) is 0.794. The van der Waals surface area contributed by atoms with Crippen molar-refractivity contribution in [2.24, 2.45) is 0 Å². The van der Waals surface area contributed by atoms with Gasteiger partial charge in [0.25, 0.3) is 0 Å². The smallest absolute Gasteiger partial charge is 0.318 e. The zero-order valence-electron chi connectivity index (χ0n) is 12.9. The summed E-state index contributed by atoms with van der Waals surface area (Å²) in [6.45, 7) is 3.14. The van der Waals surface area contributed by atoms with E-state index in [0.29, 0.717) is 11.5 Å². The Kier molecular flexibility index (Phi) is 3.70. The second-order valence-corrected chi connectivity index (χ2v) is 5.73. The van der Waals surface area contributed by atoms with Crippen LogP contribution in [0.4, 0.5) is 0 Å². The second-order valence-electron chi connectivity index (χ2n) is 5.73. The highest BCUT2D eigenvalue weighted by Crippen LogP contribution is 2.36. The lowest BCUT2D eigenvalue weighted by Crippen LogP contribution is -2.28. The van der Waals surface area contributed by atoms with Crippen molar-refractivity contribution in [2.45, 2.75) is 19.3 Å². The molecule has 0 spiro atoms. The Morgan fingerprint density at radius 3 is 2.39 bits per heavy atom. The number of carboxylic acid groups (broad SMARTS) is 1. The van der Waals surface area contributed by atoms with Crippen LogP contribution in [0.15, 0.2) is 59.3 Å². The Hall–Kier alpha value is -2.95. The summed E-state index contributed by atoms with van der Waals surface area (Å²) in [5, 5.41) is 9.42. The molecule has 0 amide bonds. The third kappa shape index (κ3) is 2.73. The van der Waals surface area contributed by atoms with Crippen molar-refractivity contribution in [3.8, 4) is 22.6 Å². The molecule has 1 N–H and O–H groups in total. The summed E-state index contributed by atoms with van der Waals surface area (Å²) in [5.41, 5.74) is 1.01. The predicted octanol–water partition coefficient (Wildman–Crippen LogP) is 3.77. The fourth-order valence-corrected chi connectivity index (χ4v) is 2.16. The minimum Gasteiger partial charge on any atom is -0.480 e. The number of carboxylic acids is 1. The number of carbonyl (C=O) groups is 1. The van der Waals surface area contributed by atoms with Gasteiger partial charge in [-0.05, 0) is 26.0 Å². The first kappa shape index (κ1) is 15.0. The van der Waals surface area contributed by atoms with E-state index in [4.69, 9.17) is 4.42 Å². The van der Waals surface area contributed by atoms with Gasteiger partial charge in [0, 0.05) is 23.5 Å². The van der Waals surface area contributed by atoms with E-state index >= 15 is 0 Å². The van der Waals surface area contributed by atoms with Gasteiger partial charge >= 0.3 is 5.97 Å². The first-order valence-electron chi connectivity index (χ1n) is 7.20. The molecule has 0 atom stereocenters. The summed E-state index contributed by atoms with van der Waals surface area (Å²) >= 11 is 0. The predicted molar refractivity (Wildman–Crippen MR) is 85.8 cm³/mol. The van der Waals surface area contributed by atoms with E-state index < -0.39 is 11.4 Å². The Labute approximate surface area is 133 Å². The summed E-state index contributed by atoms with van der Waals surface area (Å²) in [6, 6.07) is 13.2. The van der Waals surface area contributed by atoms with Crippen LogP contribution in [0, 0.1) is 0 Å². The van der Waals surface area contributed by atoms with Crippen molar-refractivity contribution in [2.75, 3.05) is 0 Å². The molecule has 0 saturated heterocycles. The summed E-state index contributed by atoms with van der Waals surface area (Å²) in [6.07, 6.45) is 3.34. The van der Waals surface area contributed by atoms with Gasteiger partial charge in [0.1, 0.15) is 11.1 Å². The van der Waals surface area contributed by atoms with Gasteiger partial charge in [-0.15, -0.1) is 0 Å². The topological polar surface area (TPSA) is 76.2 Å². The van der Waals surface area contributed by atoms with Crippen molar-refractivity contribution < 1.29 is 14.3 Å². The highest BCUT2D eigenvalue weighted by atomic mass is 16.4. The lowest BCUT2D eigenvalue weighted by Gasteiger charge is -2.13. The Balaban J connectivity index is 2.21.